The third-order valence-corrected chi connectivity index (χ3v) is 3.89. The van der Waals surface area contributed by atoms with Crippen LogP contribution in [-0.4, -0.2) is 88.6 Å². The maximum atomic E-state index is 11.7. The van der Waals surface area contributed by atoms with Gasteiger partial charge >= 0.3 is 24.1 Å². The third kappa shape index (κ3) is 17.9. The van der Waals surface area contributed by atoms with Crippen molar-refractivity contribution in [2.24, 2.45) is 0 Å². The second-order valence-corrected chi connectivity index (χ2v) is 7.79. The normalized spacial score (nSPS) is 12.9. The average molecular weight is 503 g/mol. The molecule has 12 heteroatoms. The summed E-state index contributed by atoms with van der Waals surface area (Å²) in [7, 11) is 0. The van der Waals surface area contributed by atoms with Crippen LogP contribution in [0.3, 0.4) is 0 Å². The number of carbonyl (C=O) groups excluding carboxylic acids is 4. The zero-order valence-corrected chi connectivity index (χ0v) is 21.2. The molecule has 0 saturated heterocycles. The summed E-state index contributed by atoms with van der Waals surface area (Å²) in [5, 5.41) is 4.91. The van der Waals surface area contributed by atoms with Gasteiger partial charge < -0.3 is 39.1 Å². The second kappa shape index (κ2) is 18.2. The Kier molecular flexibility index (Phi) is 16.6. The number of rotatable bonds is 17. The number of ether oxygens (including phenoxy) is 6. The SMILES string of the molecule is C=C(C)C(=O)OCCNC(=O)OCC(C)OCC(C)OCC(C)OC(=O)NCCOC(=O)C(=C)C. The van der Waals surface area contributed by atoms with E-state index in [2.05, 4.69) is 23.8 Å². The second-order valence-electron chi connectivity index (χ2n) is 7.79. The fourth-order valence-corrected chi connectivity index (χ4v) is 2.04. The number of amides is 2. The summed E-state index contributed by atoms with van der Waals surface area (Å²) in [4.78, 5) is 45.8. The molecular formula is C23H38N2O10. The van der Waals surface area contributed by atoms with E-state index in [1.165, 1.54) is 13.8 Å². The predicted octanol–water partition coefficient (Wildman–Crippen LogP) is 1.88. The molecule has 2 N–H and O–H groups in total. The van der Waals surface area contributed by atoms with E-state index in [-0.39, 0.29) is 69.5 Å². The van der Waals surface area contributed by atoms with Gasteiger partial charge in [0, 0.05) is 11.1 Å². The smallest absolute Gasteiger partial charge is 0.407 e. The van der Waals surface area contributed by atoms with Gasteiger partial charge in [-0.15, -0.1) is 0 Å². The average Bonchev–Trinajstić information content (AvgIpc) is 2.79. The molecule has 0 saturated carbocycles. The summed E-state index contributed by atoms with van der Waals surface area (Å²) < 4.78 is 31.0. The lowest BCUT2D eigenvalue weighted by molar-refractivity contribution is -0.139. The van der Waals surface area contributed by atoms with Crippen LogP contribution in [0, 0.1) is 0 Å². The highest BCUT2D eigenvalue weighted by atomic mass is 16.6. The van der Waals surface area contributed by atoms with Crippen molar-refractivity contribution in [1.29, 1.82) is 0 Å². The molecule has 2 amide bonds. The molecular weight excluding hydrogens is 464 g/mol. The minimum atomic E-state index is -0.658. The van der Waals surface area contributed by atoms with Gasteiger partial charge in [-0.05, 0) is 34.6 Å². The first kappa shape index (κ1) is 31.9. The van der Waals surface area contributed by atoms with Crippen molar-refractivity contribution in [3.8, 4) is 0 Å². The Balaban J connectivity index is 3.85. The summed E-state index contributed by atoms with van der Waals surface area (Å²) in [5.74, 6) is -1.05. The molecule has 200 valence electrons. The Bertz CT molecular complexity index is 725. The highest BCUT2D eigenvalue weighted by Crippen LogP contribution is 2.01. The van der Waals surface area contributed by atoms with Crippen molar-refractivity contribution in [3.63, 3.8) is 0 Å². The van der Waals surface area contributed by atoms with Gasteiger partial charge in [0.2, 0.25) is 0 Å². The van der Waals surface area contributed by atoms with Crippen molar-refractivity contribution < 1.29 is 47.6 Å². The molecule has 0 aliphatic heterocycles. The molecule has 0 aromatic heterocycles. The monoisotopic (exact) mass is 502 g/mol. The minimum Gasteiger partial charge on any atom is -0.460 e. The van der Waals surface area contributed by atoms with Gasteiger partial charge in [-0.3, -0.25) is 0 Å². The lowest BCUT2D eigenvalue weighted by Crippen LogP contribution is -2.34. The largest absolute Gasteiger partial charge is 0.460 e. The molecule has 0 spiro atoms. The van der Waals surface area contributed by atoms with Crippen LogP contribution < -0.4 is 10.6 Å². The highest BCUT2D eigenvalue weighted by Gasteiger charge is 2.14. The predicted molar refractivity (Wildman–Crippen MR) is 126 cm³/mol. The number of hydrogen-bond acceptors (Lipinski definition) is 10. The quantitative estimate of drug-likeness (QED) is 0.131. The number of alkyl carbamates (subject to hydrolysis) is 2. The molecule has 3 atom stereocenters. The van der Waals surface area contributed by atoms with Crippen LogP contribution in [-0.2, 0) is 38.0 Å². The van der Waals surface area contributed by atoms with E-state index >= 15 is 0 Å². The van der Waals surface area contributed by atoms with E-state index in [4.69, 9.17) is 28.4 Å². The Morgan fingerprint density at radius 3 is 1.57 bits per heavy atom. The first-order valence-electron chi connectivity index (χ1n) is 11.2. The molecule has 0 aromatic rings. The van der Waals surface area contributed by atoms with Crippen molar-refractivity contribution in [2.45, 2.75) is 52.9 Å². The maximum absolute atomic E-state index is 11.7. The molecule has 0 fully saturated rings. The van der Waals surface area contributed by atoms with Gasteiger partial charge in [0.05, 0.1) is 38.5 Å². The molecule has 12 nitrogen and oxygen atoms in total. The molecule has 3 unspecified atom stereocenters. The zero-order chi connectivity index (χ0) is 26.8. The summed E-state index contributed by atoms with van der Waals surface area (Å²) in [6.45, 7) is 15.8. The fraction of sp³-hybridized carbons (Fsp3) is 0.652. The van der Waals surface area contributed by atoms with Crippen LogP contribution in [0.2, 0.25) is 0 Å². The molecule has 35 heavy (non-hydrogen) atoms. The zero-order valence-electron chi connectivity index (χ0n) is 21.2. The molecule has 0 aliphatic rings. The van der Waals surface area contributed by atoms with Gasteiger partial charge in [0.25, 0.3) is 0 Å². The summed E-state index contributed by atoms with van der Waals surface area (Å²) in [5.41, 5.74) is 0.555. The number of esters is 2. The number of carbonyl (C=O) groups is 4. The van der Waals surface area contributed by atoms with E-state index in [9.17, 15) is 19.2 Å². The lowest BCUT2D eigenvalue weighted by Gasteiger charge is -2.20. The van der Waals surface area contributed by atoms with E-state index in [0.29, 0.717) is 0 Å². The van der Waals surface area contributed by atoms with Crippen molar-refractivity contribution in [2.75, 3.05) is 46.1 Å². The third-order valence-electron chi connectivity index (χ3n) is 3.89. The molecule has 0 radical (unpaired) electrons. The van der Waals surface area contributed by atoms with Crippen LogP contribution >= 0.6 is 0 Å². The van der Waals surface area contributed by atoms with E-state index < -0.39 is 30.2 Å². The van der Waals surface area contributed by atoms with Crippen molar-refractivity contribution in [3.05, 3.63) is 24.3 Å². The Labute approximate surface area is 206 Å². The van der Waals surface area contributed by atoms with Crippen molar-refractivity contribution in [1.82, 2.24) is 10.6 Å². The van der Waals surface area contributed by atoms with Crippen LogP contribution in [0.4, 0.5) is 9.59 Å². The van der Waals surface area contributed by atoms with Gasteiger partial charge in [0.1, 0.15) is 25.9 Å². The maximum Gasteiger partial charge on any atom is 0.407 e. The van der Waals surface area contributed by atoms with Gasteiger partial charge in [-0.1, -0.05) is 13.2 Å². The van der Waals surface area contributed by atoms with E-state index in [0.717, 1.165) is 0 Å². The first-order valence-corrected chi connectivity index (χ1v) is 11.2. The van der Waals surface area contributed by atoms with Crippen LogP contribution in [0.1, 0.15) is 34.6 Å². The number of hydrogen-bond donors (Lipinski definition) is 2. The lowest BCUT2D eigenvalue weighted by atomic mass is 10.4. The van der Waals surface area contributed by atoms with E-state index in [1.807, 2.05) is 0 Å². The summed E-state index contributed by atoms with van der Waals surface area (Å²) >= 11 is 0. The molecule has 0 heterocycles. The topological polar surface area (TPSA) is 148 Å². The first-order chi connectivity index (χ1) is 16.4. The van der Waals surface area contributed by atoms with Gasteiger partial charge in [0.15, 0.2) is 0 Å². The standard InChI is InChI=1S/C23H38N2O10/c1-15(2)20(26)30-10-8-24-22(28)34-13-18(6)32-12-17(5)33-14-19(7)35-23(29)25-9-11-31-21(27)16(3)4/h17-19H,1,3,8-14H2,2,4-7H3,(H,24,28)(H,25,29). The molecule has 0 rings (SSSR count). The van der Waals surface area contributed by atoms with Gasteiger partial charge in [-0.2, -0.15) is 0 Å². The number of nitrogens with one attached hydrogen (secondary N) is 2. The van der Waals surface area contributed by atoms with Crippen LogP contribution in [0.5, 0.6) is 0 Å². The Hall–Kier alpha value is -3.12. The van der Waals surface area contributed by atoms with E-state index in [1.54, 1.807) is 20.8 Å². The minimum absolute atomic E-state index is 0.00842. The fourth-order valence-electron chi connectivity index (χ4n) is 2.04. The Morgan fingerprint density at radius 1 is 0.657 bits per heavy atom. The van der Waals surface area contributed by atoms with Crippen LogP contribution in [0.15, 0.2) is 24.3 Å². The van der Waals surface area contributed by atoms with Crippen LogP contribution in [0.25, 0.3) is 0 Å². The van der Waals surface area contributed by atoms with Gasteiger partial charge in [-0.25, -0.2) is 19.2 Å². The highest BCUT2D eigenvalue weighted by molar-refractivity contribution is 5.87. The summed E-state index contributed by atoms with van der Waals surface area (Å²) in [6.07, 6.45) is -2.52. The molecule has 0 bridgehead atoms. The molecule has 0 aliphatic carbocycles. The summed E-state index contributed by atoms with van der Waals surface area (Å²) in [6, 6.07) is 0. The Morgan fingerprint density at radius 2 is 1.09 bits per heavy atom. The molecule has 0 aromatic carbocycles. The van der Waals surface area contributed by atoms with Crippen molar-refractivity contribution >= 4 is 24.1 Å².